The summed E-state index contributed by atoms with van der Waals surface area (Å²) in [7, 11) is 1.62. The highest BCUT2D eigenvalue weighted by Crippen LogP contribution is 2.33. The summed E-state index contributed by atoms with van der Waals surface area (Å²) in [5.74, 6) is 1.21. The number of nitrogens with zero attached hydrogens (tertiary/aromatic N) is 3. The molecule has 0 radical (unpaired) electrons. The maximum atomic E-state index is 12.8. The minimum atomic E-state index is -0.177. The number of para-hydroxylation sites is 1. The molecule has 3 heterocycles. The van der Waals surface area contributed by atoms with E-state index in [1.165, 1.54) is 4.52 Å². The average Bonchev–Trinajstić information content (AvgIpc) is 3.22. The number of amides is 1. The van der Waals surface area contributed by atoms with Crippen molar-refractivity contribution in [1.82, 2.24) is 19.5 Å². The number of carbonyl (C=O) groups is 1. The molecule has 1 saturated heterocycles. The number of likely N-dealkylation sites (tertiary alicyclic amines) is 1. The summed E-state index contributed by atoms with van der Waals surface area (Å²) in [6.45, 7) is 7.48. The van der Waals surface area contributed by atoms with Crippen molar-refractivity contribution in [3.63, 3.8) is 0 Å². The van der Waals surface area contributed by atoms with Gasteiger partial charge in [0, 0.05) is 42.6 Å². The molecule has 0 bridgehead atoms. The molecular weight excluding hydrogens is 368 g/mol. The fraction of sp³-hybridized carbons (Fsp3) is 0.409. The Morgan fingerprint density at radius 2 is 2.03 bits per heavy atom. The van der Waals surface area contributed by atoms with Crippen molar-refractivity contribution in [1.29, 1.82) is 0 Å². The van der Waals surface area contributed by atoms with E-state index in [0.717, 1.165) is 29.1 Å². The van der Waals surface area contributed by atoms with Gasteiger partial charge in [0.15, 0.2) is 5.65 Å². The van der Waals surface area contributed by atoms with Gasteiger partial charge < -0.3 is 9.64 Å². The third kappa shape index (κ3) is 3.41. The van der Waals surface area contributed by atoms with Crippen LogP contribution >= 0.6 is 0 Å². The molecule has 1 N–H and O–H groups in total. The Kier molecular flexibility index (Phi) is 4.90. The van der Waals surface area contributed by atoms with Crippen molar-refractivity contribution in [3.05, 3.63) is 51.9 Å². The lowest BCUT2D eigenvalue weighted by atomic mass is 10.0. The molecule has 3 aromatic rings. The lowest BCUT2D eigenvalue weighted by Crippen LogP contribution is -2.29. The molecular formula is C22H26N4O3. The topological polar surface area (TPSA) is 79.7 Å². The Labute approximate surface area is 169 Å². The first-order valence-corrected chi connectivity index (χ1v) is 9.92. The standard InChI is InChI=1S/C22H26N4O3/c1-13(2)11-25-12-15(9-19(25)27)17-10-20(28)26-22(23-17)14(3)21(24-26)16-7-5-6-8-18(16)29-4/h5-8,10,13,15,24H,9,11-12H2,1-4H3. The largest absolute Gasteiger partial charge is 0.496 e. The van der Waals surface area contributed by atoms with Crippen LogP contribution in [0.1, 0.15) is 37.4 Å². The second-order valence-corrected chi connectivity index (χ2v) is 8.08. The summed E-state index contributed by atoms with van der Waals surface area (Å²) in [6, 6.07) is 9.21. The SMILES string of the molecule is COc1ccccc1-c1[nH]n2c(=O)cc(C3CC(=O)N(CC(C)C)C3)nc2c1C. The van der Waals surface area contributed by atoms with E-state index in [9.17, 15) is 9.59 Å². The zero-order valence-electron chi connectivity index (χ0n) is 17.2. The number of fused-ring (bicyclic) bond motifs is 1. The highest BCUT2D eigenvalue weighted by molar-refractivity contribution is 5.80. The molecule has 1 unspecified atom stereocenters. The lowest BCUT2D eigenvalue weighted by Gasteiger charge is -2.18. The van der Waals surface area contributed by atoms with Crippen molar-refractivity contribution in [3.8, 4) is 17.0 Å². The van der Waals surface area contributed by atoms with E-state index in [0.29, 0.717) is 30.2 Å². The Balaban J connectivity index is 1.76. The van der Waals surface area contributed by atoms with Gasteiger partial charge in [-0.05, 0) is 25.0 Å². The minimum Gasteiger partial charge on any atom is -0.496 e. The zero-order valence-corrected chi connectivity index (χ0v) is 17.2. The number of rotatable bonds is 5. The van der Waals surface area contributed by atoms with Gasteiger partial charge in [0.1, 0.15) is 5.75 Å². The number of H-pyrrole nitrogens is 1. The Morgan fingerprint density at radius 1 is 1.28 bits per heavy atom. The molecule has 152 valence electrons. The van der Waals surface area contributed by atoms with Crippen molar-refractivity contribution in [2.45, 2.75) is 33.1 Å². The van der Waals surface area contributed by atoms with Crippen LogP contribution < -0.4 is 10.3 Å². The third-order valence-electron chi connectivity index (χ3n) is 5.47. The van der Waals surface area contributed by atoms with Gasteiger partial charge in [-0.15, -0.1) is 0 Å². The number of ether oxygens (including phenoxy) is 1. The van der Waals surface area contributed by atoms with Gasteiger partial charge in [-0.25, -0.2) is 9.50 Å². The van der Waals surface area contributed by atoms with Gasteiger partial charge in [-0.3, -0.25) is 14.7 Å². The molecule has 1 fully saturated rings. The van der Waals surface area contributed by atoms with Crippen LogP contribution in [-0.2, 0) is 4.79 Å². The second-order valence-electron chi connectivity index (χ2n) is 8.08. The van der Waals surface area contributed by atoms with Crippen molar-refractivity contribution >= 4 is 11.6 Å². The highest BCUT2D eigenvalue weighted by Gasteiger charge is 2.32. The lowest BCUT2D eigenvalue weighted by molar-refractivity contribution is -0.128. The first-order valence-electron chi connectivity index (χ1n) is 9.92. The second kappa shape index (κ2) is 7.39. The average molecular weight is 394 g/mol. The van der Waals surface area contributed by atoms with E-state index in [2.05, 4.69) is 18.9 Å². The normalized spacial score (nSPS) is 16.9. The number of methoxy groups -OCH3 is 1. The van der Waals surface area contributed by atoms with Crippen LogP contribution in [0.15, 0.2) is 35.1 Å². The number of aromatic amines is 1. The van der Waals surface area contributed by atoms with Gasteiger partial charge in [0.2, 0.25) is 5.91 Å². The maximum Gasteiger partial charge on any atom is 0.272 e. The number of hydrogen-bond donors (Lipinski definition) is 1. The smallest absolute Gasteiger partial charge is 0.272 e. The van der Waals surface area contributed by atoms with Crippen LogP contribution in [0.25, 0.3) is 16.9 Å². The quantitative estimate of drug-likeness (QED) is 0.722. The van der Waals surface area contributed by atoms with E-state index in [1.807, 2.05) is 36.1 Å². The molecule has 1 aliphatic heterocycles. The van der Waals surface area contributed by atoms with Crippen molar-refractivity contribution in [2.24, 2.45) is 5.92 Å². The summed E-state index contributed by atoms with van der Waals surface area (Å²) in [5, 5.41) is 3.17. The molecule has 7 nitrogen and oxygen atoms in total. The van der Waals surface area contributed by atoms with Crippen LogP contribution in [0.5, 0.6) is 5.75 Å². The molecule has 0 aliphatic carbocycles. The predicted molar refractivity (Wildman–Crippen MR) is 111 cm³/mol. The molecule has 4 rings (SSSR count). The van der Waals surface area contributed by atoms with Crippen LogP contribution in [0, 0.1) is 12.8 Å². The van der Waals surface area contributed by atoms with Crippen molar-refractivity contribution < 1.29 is 9.53 Å². The summed E-state index contributed by atoms with van der Waals surface area (Å²) in [4.78, 5) is 31.8. The van der Waals surface area contributed by atoms with Gasteiger partial charge in [-0.1, -0.05) is 26.0 Å². The monoisotopic (exact) mass is 394 g/mol. The molecule has 1 amide bonds. The molecule has 2 aromatic heterocycles. The number of nitrogens with one attached hydrogen (secondary N) is 1. The zero-order chi connectivity index (χ0) is 20.7. The minimum absolute atomic E-state index is 0.0528. The molecule has 1 aliphatic rings. The Hall–Kier alpha value is -3.09. The number of benzene rings is 1. The highest BCUT2D eigenvalue weighted by atomic mass is 16.5. The summed E-state index contributed by atoms with van der Waals surface area (Å²) in [5.41, 5.74) is 3.64. The van der Waals surface area contributed by atoms with Gasteiger partial charge >= 0.3 is 0 Å². The summed E-state index contributed by atoms with van der Waals surface area (Å²) >= 11 is 0. The molecule has 7 heteroatoms. The number of carbonyl (C=O) groups excluding carboxylic acids is 1. The van der Waals surface area contributed by atoms with Crippen LogP contribution in [0.2, 0.25) is 0 Å². The Morgan fingerprint density at radius 3 is 2.76 bits per heavy atom. The van der Waals surface area contributed by atoms with Gasteiger partial charge in [0.05, 0.1) is 18.5 Å². The summed E-state index contributed by atoms with van der Waals surface area (Å²) < 4.78 is 6.93. The van der Waals surface area contributed by atoms with E-state index in [-0.39, 0.29) is 17.4 Å². The third-order valence-corrected chi connectivity index (χ3v) is 5.47. The number of aromatic nitrogens is 3. The molecule has 1 atom stereocenters. The van der Waals surface area contributed by atoms with E-state index < -0.39 is 0 Å². The summed E-state index contributed by atoms with van der Waals surface area (Å²) in [6.07, 6.45) is 0.401. The number of hydrogen-bond acceptors (Lipinski definition) is 4. The fourth-order valence-electron chi connectivity index (χ4n) is 4.08. The number of aryl methyl sites for hydroxylation is 1. The molecule has 29 heavy (non-hydrogen) atoms. The first kappa shape index (κ1) is 19.2. The Bertz CT molecular complexity index is 1130. The molecule has 0 spiro atoms. The fourth-order valence-corrected chi connectivity index (χ4v) is 4.08. The van der Waals surface area contributed by atoms with Crippen LogP contribution in [0.4, 0.5) is 0 Å². The predicted octanol–water partition coefficient (Wildman–Crippen LogP) is 2.98. The van der Waals surface area contributed by atoms with Crippen LogP contribution in [-0.4, -0.2) is 45.6 Å². The molecule has 0 saturated carbocycles. The van der Waals surface area contributed by atoms with E-state index >= 15 is 0 Å². The first-order chi connectivity index (χ1) is 13.9. The van der Waals surface area contributed by atoms with E-state index in [1.54, 1.807) is 13.2 Å². The van der Waals surface area contributed by atoms with E-state index in [4.69, 9.17) is 9.72 Å². The van der Waals surface area contributed by atoms with Crippen molar-refractivity contribution in [2.75, 3.05) is 20.2 Å². The maximum absolute atomic E-state index is 12.8. The van der Waals surface area contributed by atoms with Gasteiger partial charge in [-0.2, -0.15) is 0 Å². The van der Waals surface area contributed by atoms with Crippen LogP contribution in [0.3, 0.4) is 0 Å². The van der Waals surface area contributed by atoms with Gasteiger partial charge in [0.25, 0.3) is 5.56 Å². The molecule has 1 aromatic carbocycles.